The Morgan fingerprint density at radius 1 is 1.09 bits per heavy atom. The molecule has 0 spiro atoms. The molecule has 0 fully saturated rings. The number of imide groups is 1. The third kappa shape index (κ3) is 8.19. The van der Waals surface area contributed by atoms with Gasteiger partial charge in [0.2, 0.25) is 0 Å². The second kappa shape index (κ2) is 9.89. The molecular weight excluding hydrogens is 525 g/mol. The van der Waals surface area contributed by atoms with Crippen LogP contribution in [0.25, 0.3) is 5.52 Å². The summed E-state index contributed by atoms with van der Waals surface area (Å²) in [6.45, 7) is 9.37. The van der Waals surface area contributed by atoms with E-state index in [0.29, 0.717) is 14.9 Å². The number of carbonyl (C=O) groups excluding carboxylic acids is 2. The Morgan fingerprint density at radius 3 is 2.12 bits per heavy atom. The van der Waals surface area contributed by atoms with Crippen molar-refractivity contribution in [3.63, 3.8) is 0 Å². The zero-order chi connectivity index (χ0) is 25.2. The number of aromatic nitrogens is 1. The minimum Gasteiger partial charge on any atom is -0.443 e. The molecule has 33 heavy (non-hydrogen) atoms. The number of nitrogens with zero attached hydrogens (tertiary/aromatic N) is 2. The number of hydrogen-bond acceptors (Lipinski definition) is 5. The van der Waals surface area contributed by atoms with Gasteiger partial charge in [-0.3, -0.25) is 0 Å². The van der Waals surface area contributed by atoms with Crippen LogP contribution in [0.1, 0.15) is 47.1 Å². The molecule has 2 aromatic rings. The van der Waals surface area contributed by atoms with Crippen LogP contribution < -0.4 is 0 Å². The highest BCUT2D eigenvalue weighted by atomic mass is 79.9. The van der Waals surface area contributed by atoms with E-state index in [4.69, 9.17) is 9.47 Å². The lowest BCUT2D eigenvalue weighted by molar-refractivity contribution is -0.0330. The Kier molecular flexibility index (Phi) is 8.07. The van der Waals surface area contributed by atoms with Crippen molar-refractivity contribution in [2.45, 2.75) is 63.3 Å². The summed E-state index contributed by atoms with van der Waals surface area (Å²) in [7, 11) is 0. The standard InChI is InChI=1S/C22H24BrF3N2O4S/c1-20(2,3)31-18(29)28(19(30)32-21(4,5)6)12-7-9-14-13-16-15(23)10-8-11-27(16)17(14)33-22(24,25)26/h8,10-11,13H,12H2,1-6H3. The lowest BCUT2D eigenvalue weighted by Gasteiger charge is -2.27. The minimum absolute atomic E-state index is 0.0950. The van der Waals surface area contributed by atoms with Crippen molar-refractivity contribution in [2.75, 3.05) is 6.54 Å². The molecule has 0 atom stereocenters. The predicted octanol–water partition coefficient (Wildman–Crippen LogP) is 6.84. The molecule has 0 radical (unpaired) electrons. The number of halogens is 4. The van der Waals surface area contributed by atoms with Crippen LogP contribution in [0.2, 0.25) is 0 Å². The van der Waals surface area contributed by atoms with E-state index in [9.17, 15) is 22.8 Å². The second-order valence-corrected chi connectivity index (χ2v) is 10.8. The van der Waals surface area contributed by atoms with Crippen molar-refractivity contribution >= 4 is 45.4 Å². The van der Waals surface area contributed by atoms with Gasteiger partial charge in [0.05, 0.1) is 17.6 Å². The zero-order valence-corrected chi connectivity index (χ0v) is 21.4. The van der Waals surface area contributed by atoms with Gasteiger partial charge in [-0.1, -0.05) is 11.8 Å². The van der Waals surface area contributed by atoms with Crippen LogP contribution in [-0.4, -0.2) is 44.7 Å². The number of pyridine rings is 1. The molecule has 0 unspecified atom stereocenters. The molecule has 6 nitrogen and oxygen atoms in total. The quantitative estimate of drug-likeness (QED) is 0.304. The van der Waals surface area contributed by atoms with E-state index in [1.807, 2.05) is 0 Å². The number of ether oxygens (including phenoxy) is 2. The molecule has 180 valence electrons. The summed E-state index contributed by atoms with van der Waals surface area (Å²) in [6, 6.07) is 4.79. The van der Waals surface area contributed by atoms with E-state index < -0.39 is 35.4 Å². The summed E-state index contributed by atoms with van der Waals surface area (Å²) in [5.41, 5.74) is -5.71. The monoisotopic (exact) mass is 548 g/mol. The largest absolute Gasteiger partial charge is 0.447 e. The van der Waals surface area contributed by atoms with Crippen LogP contribution in [0.3, 0.4) is 0 Å². The van der Waals surface area contributed by atoms with Gasteiger partial charge in [0.25, 0.3) is 0 Å². The van der Waals surface area contributed by atoms with Crippen molar-refractivity contribution in [1.29, 1.82) is 0 Å². The Bertz CT molecular complexity index is 1080. The van der Waals surface area contributed by atoms with Gasteiger partial charge < -0.3 is 13.9 Å². The number of thioether (sulfide) groups is 1. The molecule has 0 bridgehead atoms. The van der Waals surface area contributed by atoms with Crippen LogP contribution in [-0.2, 0) is 9.47 Å². The van der Waals surface area contributed by atoms with Gasteiger partial charge >= 0.3 is 17.7 Å². The molecule has 0 saturated carbocycles. The number of carbonyl (C=O) groups is 2. The van der Waals surface area contributed by atoms with Crippen LogP contribution >= 0.6 is 27.7 Å². The SMILES string of the molecule is CC(C)(C)OC(=O)N(CC#Cc1cc2c(Br)cccn2c1SC(F)(F)F)C(=O)OC(C)(C)C. The van der Waals surface area contributed by atoms with Crippen LogP contribution in [0.4, 0.5) is 22.8 Å². The van der Waals surface area contributed by atoms with Crippen molar-refractivity contribution < 1.29 is 32.2 Å². The Balaban J connectivity index is 2.42. The van der Waals surface area contributed by atoms with Gasteiger partial charge in [0.15, 0.2) is 0 Å². The first-order valence-corrected chi connectivity index (χ1v) is 11.4. The van der Waals surface area contributed by atoms with E-state index in [0.717, 1.165) is 0 Å². The van der Waals surface area contributed by atoms with E-state index in [2.05, 4.69) is 27.8 Å². The highest BCUT2D eigenvalue weighted by Gasteiger charge is 2.33. The number of amides is 2. The van der Waals surface area contributed by atoms with Crippen molar-refractivity contribution in [2.24, 2.45) is 0 Å². The summed E-state index contributed by atoms with van der Waals surface area (Å²) in [5.74, 6) is 5.26. The Labute approximate surface area is 202 Å². The summed E-state index contributed by atoms with van der Waals surface area (Å²) in [6.07, 6.45) is -0.450. The molecule has 2 rings (SSSR count). The number of hydrogen-bond donors (Lipinski definition) is 0. The van der Waals surface area contributed by atoms with Crippen LogP contribution in [0.15, 0.2) is 33.9 Å². The summed E-state index contributed by atoms with van der Waals surface area (Å²) >= 11 is 3.02. The van der Waals surface area contributed by atoms with Gasteiger partial charge in [-0.2, -0.15) is 13.2 Å². The van der Waals surface area contributed by atoms with Gasteiger partial charge in [0.1, 0.15) is 16.2 Å². The fraction of sp³-hybridized carbons (Fsp3) is 0.455. The Hall–Kier alpha value is -2.32. The van der Waals surface area contributed by atoms with Gasteiger partial charge in [-0.25, -0.2) is 14.5 Å². The maximum absolute atomic E-state index is 13.2. The number of alkyl halides is 3. The molecule has 0 aromatic carbocycles. The number of fused-ring (bicyclic) bond motifs is 1. The van der Waals surface area contributed by atoms with E-state index in [-0.39, 0.29) is 22.4 Å². The van der Waals surface area contributed by atoms with Crippen LogP contribution in [0, 0.1) is 11.8 Å². The number of rotatable bonds is 2. The lowest BCUT2D eigenvalue weighted by Crippen LogP contribution is -2.43. The first kappa shape index (κ1) is 26.9. The molecule has 2 heterocycles. The highest BCUT2D eigenvalue weighted by molar-refractivity contribution is 9.10. The van der Waals surface area contributed by atoms with Crippen molar-refractivity contribution in [3.05, 3.63) is 34.4 Å². The third-order valence-electron chi connectivity index (χ3n) is 3.61. The molecule has 0 aliphatic rings. The van der Waals surface area contributed by atoms with Gasteiger partial charge in [0, 0.05) is 22.4 Å². The molecule has 11 heteroatoms. The first-order valence-electron chi connectivity index (χ1n) is 9.74. The van der Waals surface area contributed by atoms with E-state index in [1.165, 1.54) is 16.7 Å². The molecule has 2 amide bonds. The molecule has 0 saturated heterocycles. The summed E-state index contributed by atoms with van der Waals surface area (Å²) in [5, 5.41) is -0.132. The maximum atomic E-state index is 13.2. The van der Waals surface area contributed by atoms with Crippen molar-refractivity contribution in [3.8, 4) is 11.8 Å². The molecule has 0 aliphatic carbocycles. The molecule has 0 N–H and O–H groups in total. The highest BCUT2D eigenvalue weighted by Crippen LogP contribution is 2.40. The van der Waals surface area contributed by atoms with Gasteiger partial charge in [-0.15, -0.1) is 0 Å². The van der Waals surface area contributed by atoms with Crippen molar-refractivity contribution in [1.82, 2.24) is 9.30 Å². The van der Waals surface area contributed by atoms with E-state index >= 15 is 0 Å². The summed E-state index contributed by atoms with van der Waals surface area (Å²) in [4.78, 5) is 25.8. The lowest BCUT2D eigenvalue weighted by atomic mass is 10.2. The second-order valence-electron chi connectivity index (χ2n) is 8.87. The predicted molar refractivity (Wildman–Crippen MR) is 123 cm³/mol. The average molecular weight is 549 g/mol. The maximum Gasteiger partial charge on any atom is 0.447 e. The van der Waals surface area contributed by atoms with Gasteiger partial charge in [-0.05, 0) is 75.7 Å². The van der Waals surface area contributed by atoms with Crippen LogP contribution in [0.5, 0.6) is 0 Å². The molecule has 0 aliphatic heterocycles. The zero-order valence-electron chi connectivity index (χ0n) is 19.0. The topological polar surface area (TPSA) is 60.2 Å². The smallest absolute Gasteiger partial charge is 0.443 e. The molecular formula is C22H24BrF3N2O4S. The minimum atomic E-state index is -4.54. The average Bonchev–Trinajstić information content (AvgIpc) is 2.93. The fourth-order valence-electron chi connectivity index (χ4n) is 2.49. The van der Waals surface area contributed by atoms with E-state index in [1.54, 1.807) is 53.7 Å². The normalized spacial score (nSPS) is 12.2. The Morgan fingerprint density at radius 2 is 1.64 bits per heavy atom. The first-order chi connectivity index (χ1) is 15.0. The molecule has 2 aromatic heterocycles. The fourth-order valence-corrected chi connectivity index (χ4v) is 3.65. The summed E-state index contributed by atoms with van der Waals surface area (Å²) < 4.78 is 51.9. The third-order valence-corrected chi connectivity index (χ3v) is 5.12.